The molecule has 112 valence electrons. The summed E-state index contributed by atoms with van der Waals surface area (Å²) in [4.78, 5) is 10.5. The van der Waals surface area contributed by atoms with Crippen molar-refractivity contribution in [1.29, 1.82) is 0 Å². The van der Waals surface area contributed by atoms with E-state index < -0.39 is 24.2 Å². The summed E-state index contributed by atoms with van der Waals surface area (Å²) in [6.45, 7) is 3.63. The molecule has 0 aliphatic carbocycles. The highest BCUT2D eigenvalue weighted by Gasteiger charge is 2.33. The summed E-state index contributed by atoms with van der Waals surface area (Å²) in [5.41, 5.74) is 1.03. The van der Waals surface area contributed by atoms with Crippen molar-refractivity contribution in [2.75, 3.05) is 0 Å². The van der Waals surface area contributed by atoms with E-state index in [1.165, 1.54) is 19.1 Å². The molecular formula is C16H22F2O2. The van der Waals surface area contributed by atoms with Crippen molar-refractivity contribution < 1.29 is 18.7 Å². The van der Waals surface area contributed by atoms with Crippen LogP contribution in [-0.4, -0.2) is 11.1 Å². The fourth-order valence-electron chi connectivity index (χ4n) is 2.22. The number of unbranched alkanes of at least 4 members (excludes halogenated alkanes) is 1. The van der Waals surface area contributed by atoms with E-state index in [0.717, 1.165) is 24.8 Å². The summed E-state index contributed by atoms with van der Waals surface area (Å²) in [7, 11) is 0. The average Bonchev–Trinajstić information content (AvgIpc) is 2.35. The van der Waals surface area contributed by atoms with Gasteiger partial charge >= 0.3 is 5.97 Å². The number of hydrogen-bond acceptors (Lipinski definition) is 1. The zero-order valence-electron chi connectivity index (χ0n) is 12.0. The molecule has 1 unspecified atom stereocenters. The van der Waals surface area contributed by atoms with Gasteiger partial charge in [0.15, 0.2) is 0 Å². The Morgan fingerprint density at radius 1 is 1.30 bits per heavy atom. The molecule has 20 heavy (non-hydrogen) atoms. The van der Waals surface area contributed by atoms with Crippen molar-refractivity contribution in [3.63, 3.8) is 0 Å². The summed E-state index contributed by atoms with van der Waals surface area (Å²) < 4.78 is 28.1. The zero-order chi connectivity index (χ0) is 15.2. The number of halogens is 2. The van der Waals surface area contributed by atoms with Crippen LogP contribution in [0.3, 0.4) is 0 Å². The minimum absolute atomic E-state index is 0.0324. The number of carboxylic acid groups (broad SMARTS) is 1. The molecule has 0 heterocycles. The standard InChI is InChI=1S/C16H22F2O2/c1-3-4-5-13-6-8-14(9-7-13)16(17,18)11-12(2)10-15(19)20/h6-9,12H,3-5,10-11H2,1-2H3,(H,19,20). The fraction of sp³-hybridized carbons (Fsp3) is 0.562. The summed E-state index contributed by atoms with van der Waals surface area (Å²) >= 11 is 0. The molecule has 0 fully saturated rings. The van der Waals surface area contributed by atoms with Gasteiger partial charge in [-0.15, -0.1) is 0 Å². The third kappa shape index (κ3) is 5.27. The topological polar surface area (TPSA) is 37.3 Å². The van der Waals surface area contributed by atoms with E-state index >= 15 is 0 Å². The predicted octanol–water partition coefficient (Wildman–Crippen LogP) is 4.62. The van der Waals surface area contributed by atoms with Crippen molar-refractivity contribution >= 4 is 5.97 Å². The Labute approximate surface area is 118 Å². The number of aryl methyl sites for hydroxylation is 1. The molecule has 1 atom stereocenters. The largest absolute Gasteiger partial charge is 0.481 e. The molecule has 1 N–H and O–H groups in total. The molecule has 0 aromatic heterocycles. The number of carbonyl (C=O) groups is 1. The first-order valence-corrected chi connectivity index (χ1v) is 7.04. The van der Waals surface area contributed by atoms with Gasteiger partial charge in [-0.25, -0.2) is 8.78 Å². The van der Waals surface area contributed by atoms with Crippen molar-refractivity contribution in [3.8, 4) is 0 Å². The van der Waals surface area contributed by atoms with E-state index in [4.69, 9.17) is 5.11 Å². The van der Waals surface area contributed by atoms with Gasteiger partial charge in [-0.2, -0.15) is 0 Å². The molecular weight excluding hydrogens is 262 g/mol. The van der Waals surface area contributed by atoms with Gasteiger partial charge in [0.2, 0.25) is 0 Å². The van der Waals surface area contributed by atoms with Gasteiger partial charge in [0.05, 0.1) is 0 Å². The van der Waals surface area contributed by atoms with Gasteiger partial charge in [-0.1, -0.05) is 44.5 Å². The first-order valence-electron chi connectivity index (χ1n) is 7.04. The lowest BCUT2D eigenvalue weighted by Gasteiger charge is -2.20. The van der Waals surface area contributed by atoms with Crippen LogP contribution >= 0.6 is 0 Å². The van der Waals surface area contributed by atoms with Crippen molar-refractivity contribution in [2.45, 2.75) is 51.9 Å². The summed E-state index contributed by atoms with van der Waals surface area (Å²) in [6, 6.07) is 6.39. The second kappa shape index (κ2) is 7.36. The van der Waals surface area contributed by atoms with Crippen LogP contribution in [0.5, 0.6) is 0 Å². The van der Waals surface area contributed by atoms with Crippen LogP contribution in [0.4, 0.5) is 8.78 Å². The van der Waals surface area contributed by atoms with Gasteiger partial charge in [0.25, 0.3) is 5.92 Å². The van der Waals surface area contributed by atoms with Crippen LogP contribution in [0, 0.1) is 5.92 Å². The third-order valence-electron chi connectivity index (χ3n) is 3.32. The van der Waals surface area contributed by atoms with Crippen LogP contribution < -0.4 is 0 Å². The molecule has 0 spiro atoms. The molecule has 1 aromatic carbocycles. The van der Waals surface area contributed by atoms with E-state index in [2.05, 4.69) is 6.92 Å². The average molecular weight is 284 g/mol. The Balaban J connectivity index is 2.69. The van der Waals surface area contributed by atoms with Gasteiger partial charge in [0, 0.05) is 18.4 Å². The first kappa shape index (κ1) is 16.6. The highest BCUT2D eigenvalue weighted by molar-refractivity contribution is 5.66. The number of aliphatic carboxylic acids is 1. The van der Waals surface area contributed by atoms with Crippen LogP contribution in [-0.2, 0) is 17.1 Å². The van der Waals surface area contributed by atoms with Crippen molar-refractivity contribution in [3.05, 3.63) is 35.4 Å². The van der Waals surface area contributed by atoms with E-state index in [0.29, 0.717) is 0 Å². The Morgan fingerprint density at radius 3 is 2.40 bits per heavy atom. The summed E-state index contributed by atoms with van der Waals surface area (Å²) in [5.74, 6) is -4.57. The quantitative estimate of drug-likeness (QED) is 0.756. The molecule has 0 aliphatic heterocycles. The molecule has 2 nitrogen and oxygen atoms in total. The second-order valence-electron chi connectivity index (χ2n) is 5.41. The van der Waals surface area contributed by atoms with Crippen LogP contribution in [0.1, 0.15) is 50.7 Å². The van der Waals surface area contributed by atoms with Crippen LogP contribution in [0.15, 0.2) is 24.3 Å². The number of rotatable bonds is 8. The molecule has 0 radical (unpaired) electrons. The van der Waals surface area contributed by atoms with Gasteiger partial charge in [0.1, 0.15) is 0 Å². The number of carboxylic acids is 1. The molecule has 4 heteroatoms. The molecule has 0 saturated carbocycles. The molecule has 0 aliphatic rings. The molecule has 1 rings (SSSR count). The van der Waals surface area contributed by atoms with E-state index in [9.17, 15) is 13.6 Å². The lowest BCUT2D eigenvalue weighted by molar-refractivity contribution is -0.138. The molecule has 1 aromatic rings. The third-order valence-corrected chi connectivity index (χ3v) is 3.32. The van der Waals surface area contributed by atoms with Gasteiger partial charge in [-0.3, -0.25) is 4.79 Å². The first-order chi connectivity index (χ1) is 9.35. The normalized spacial score (nSPS) is 13.2. The number of benzene rings is 1. The highest BCUT2D eigenvalue weighted by atomic mass is 19.3. The van der Waals surface area contributed by atoms with Crippen molar-refractivity contribution in [1.82, 2.24) is 0 Å². The Hall–Kier alpha value is -1.45. The Morgan fingerprint density at radius 2 is 1.90 bits per heavy atom. The van der Waals surface area contributed by atoms with E-state index in [1.807, 2.05) is 0 Å². The van der Waals surface area contributed by atoms with Gasteiger partial charge < -0.3 is 5.11 Å². The lowest BCUT2D eigenvalue weighted by Crippen LogP contribution is -2.19. The SMILES string of the molecule is CCCCc1ccc(C(F)(F)CC(C)CC(=O)O)cc1. The smallest absolute Gasteiger partial charge is 0.303 e. The van der Waals surface area contributed by atoms with E-state index in [1.54, 1.807) is 12.1 Å². The second-order valence-corrected chi connectivity index (χ2v) is 5.41. The highest BCUT2D eigenvalue weighted by Crippen LogP contribution is 2.35. The maximum Gasteiger partial charge on any atom is 0.303 e. The minimum atomic E-state index is -2.97. The van der Waals surface area contributed by atoms with Crippen LogP contribution in [0.2, 0.25) is 0 Å². The van der Waals surface area contributed by atoms with Gasteiger partial charge in [-0.05, 0) is 24.3 Å². The fourth-order valence-corrected chi connectivity index (χ4v) is 2.22. The minimum Gasteiger partial charge on any atom is -0.481 e. The molecule has 0 bridgehead atoms. The van der Waals surface area contributed by atoms with Crippen molar-refractivity contribution in [2.24, 2.45) is 5.92 Å². The Bertz CT molecular complexity index is 427. The number of hydrogen-bond donors (Lipinski definition) is 1. The predicted molar refractivity (Wildman–Crippen MR) is 75.0 cm³/mol. The maximum atomic E-state index is 14.0. The number of alkyl halides is 2. The lowest BCUT2D eigenvalue weighted by atomic mass is 9.94. The zero-order valence-corrected chi connectivity index (χ0v) is 12.0. The molecule has 0 saturated heterocycles. The summed E-state index contributed by atoms with van der Waals surface area (Å²) in [5, 5.41) is 8.63. The van der Waals surface area contributed by atoms with Crippen LogP contribution in [0.25, 0.3) is 0 Å². The Kier molecular flexibility index (Phi) is 6.11. The monoisotopic (exact) mass is 284 g/mol. The van der Waals surface area contributed by atoms with E-state index in [-0.39, 0.29) is 12.0 Å². The maximum absolute atomic E-state index is 14.0. The summed E-state index contributed by atoms with van der Waals surface area (Å²) in [6.07, 6.45) is 2.35. The molecule has 0 amide bonds.